The van der Waals surface area contributed by atoms with E-state index >= 15 is 0 Å². The Kier molecular flexibility index (Phi) is 8.46. The van der Waals surface area contributed by atoms with Crippen molar-refractivity contribution in [2.75, 3.05) is 25.1 Å². The average molecular weight is 502 g/mol. The zero-order chi connectivity index (χ0) is 22.2. The summed E-state index contributed by atoms with van der Waals surface area (Å²) >= 11 is 3.51. The van der Waals surface area contributed by atoms with Crippen molar-refractivity contribution in [1.29, 1.82) is 0 Å². The number of rotatable bonds is 9. The number of ether oxygens (including phenoxy) is 3. The minimum atomic E-state index is -0.164. The van der Waals surface area contributed by atoms with Crippen LogP contribution in [0.15, 0.2) is 46.9 Å². The third kappa shape index (κ3) is 6.72. The molecule has 0 aromatic heterocycles. The highest BCUT2D eigenvalue weighted by molar-refractivity contribution is 9.10. The Morgan fingerprint density at radius 1 is 1.00 bits per heavy atom. The van der Waals surface area contributed by atoms with Crippen molar-refractivity contribution in [2.45, 2.75) is 57.5 Å². The van der Waals surface area contributed by atoms with Crippen molar-refractivity contribution >= 4 is 27.5 Å². The van der Waals surface area contributed by atoms with Gasteiger partial charge in [0.15, 0.2) is 0 Å². The summed E-state index contributed by atoms with van der Waals surface area (Å²) in [6, 6.07) is 12.9. The highest BCUT2D eigenvalue weighted by Gasteiger charge is 2.17. The van der Waals surface area contributed by atoms with Gasteiger partial charge in [0.2, 0.25) is 0 Å². The topological polar surface area (TPSA) is 56.8 Å². The zero-order valence-corrected chi connectivity index (χ0v) is 20.1. The van der Waals surface area contributed by atoms with E-state index in [4.69, 9.17) is 14.2 Å². The first kappa shape index (κ1) is 23.1. The number of carbonyl (C=O) groups is 1. The number of amides is 1. The van der Waals surface area contributed by atoms with Gasteiger partial charge in [-0.25, -0.2) is 0 Å². The fourth-order valence-corrected chi connectivity index (χ4v) is 4.87. The van der Waals surface area contributed by atoms with Crippen molar-refractivity contribution in [3.05, 3.63) is 52.5 Å². The zero-order valence-electron chi connectivity index (χ0n) is 18.5. The summed E-state index contributed by atoms with van der Waals surface area (Å²) in [5, 5.41) is 2.94. The van der Waals surface area contributed by atoms with E-state index in [0.29, 0.717) is 17.9 Å². The summed E-state index contributed by atoms with van der Waals surface area (Å²) in [5.41, 5.74) is 1.30. The van der Waals surface area contributed by atoms with Crippen LogP contribution in [0.2, 0.25) is 0 Å². The first-order valence-electron chi connectivity index (χ1n) is 11.8. The van der Waals surface area contributed by atoms with Gasteiger partial charge in [-0.15, -0.1) is 0 Å². The van der Waals surface area contributed by atoms with Crippen molar-refractivity contribution in [3.63, 3.8) is 0 Å². The lowest BCUT2D eigenvalue weighted by molar-refractivity contribution is 0.0677. The van der Waals surface area contributed by atoms with Gasteiger partial charge in [-0.05, 0) is 83.6 Å². The van der Waals surface area contributed by atoms with Crippen molar-refractivity contribution in [1.82, 2.24) is 0 Å². The molecule has 1 amide bonds. The predicted molar refractivity (Wildman–Crippen MR) is 130 cm³/mol. The molecule has 1 aliphatic heterocycles. The molecular formula is C26H32BrNO4. The second-order valence-electron chi connectivity index (χ2n) is 8.71. The van der Waals surface area contributed by atoms with Gasteiger partial charge >= 0.3 is 0 Å². The fourth-order valence-electron chi connectivity index (χ4n) is 4.37. The Labute approximate surface area is 199 Å². The number of halogens is 1. The average Bonchev–Trinajstić information content (AvgIpc) is 3.34. The monoisotopic (exact) mass is 501 g/mol. The van der Waals surface area contributed by atoms with Crippen LogP contribution in [0.3, 0.4) is 0 Å². The van der Waals surface area contributed by atoms with Gasteiger partial charge in [0.25, 0.3) is 5.91 Å². The van der Waals surface area contributed by atoms with E-state index in [1.807, 2.05) is 30.3 Å². The minimum Gasteiger partial charge on any atom is -0.494 e. The third-order valence-corrected chi connectivity index (χ3v) is 6.89. The van der Waals surface area contributed by atoms with Gasteiger partial charge in [-0.3, -0.25) is 4.79 Å². The molecule has 2 aromatic rings. The van der Waals surface area contributed by atoms with Crippen LogP contribution in [0.5, 0.6) is 11.5 Å². The SMILES string of the molecule is O=C(Nc1ccc(OCCC2CCCCC2)cc1)c1ccc(OCC2CCCO2)c(Br)c1. The van der Waals surface area contributed by atoms with Gasteiger partial charge in [0.1, 0.15) is 18.1 Å². The second kappa shape index (κ2) is 11.7. The molecule has 1 saturated carbocycles. The molecule has 0 spiro atoms. The number of hydrogen-bond donors (Lipinski definition) is 1. The molecule has 2 fully saturated rings. The molecular weight excluding hydrogens is 470 g/mol. The lowest BCUT2D eigenvalue weighted by Crippen LogP contribution is -2.16. The Balaban J connectivity index is 1.24. The lowest BCUT2D eigenvalue weighted by Gasteiger charge is -2.21. The summed E-state index contributed by atoms with van der Waals surface area (Å²) < 4.78 is 18.1. The molecule has 4 rings (SSSR count). The molecule has 6 heteroatoms. The molecule has 5 nitrogen and oxygen atoms in total. The van der Waals surface area contributed by atoms with E-state index in [-0.39, 0.29) is 12.0 Å². The maximum atomic E-state index is 12.7. The molecule has 1 atom stereocenters. The van der Waals surface area contributed by atoms with Crippen LogP contribution in [0.4, 0.5) is 5.69 Å². The Hall–Kier alpha value is -2.05. The van der Waals surface area contributed by atoms with Crippen molar-refractivity contribution in [2.24, 2.45) is 5.92 Å². The first-order chi connectivity index (χ1) is 15.7. The van der Waals surface area contributed by atoms with Crippen LogP contribution >= 0.6 is 15.9 Å². The normalized spacial score (nSPS) is 19.0. The smallest absolute Gasteiger partial charge is 0.255 e. The second-order valence-corrected chi connectivity index (χ2v) is 9.57. The maximum Gasteiger partial charge on any atom is 0.255 e. The van der Waals surface area contributed by atoms with Crippen molar-refractivity contribution in [3.8, 4) is 11.5 Å². The number of nitrogens with one attached hydrogen (secondary N) is 1. The van der Waals surface area contributed by atoms with E-state index < -0.39 is 0 Å². The van der Waals surface area contributed by atoms with Gasteiger partial charge in [-0.1, -0.05) is 32.1 Å². The lowest BCUT2D eigenvalue weighted by atomic mass is 9.87. The third-order valence-electron chi connectivity index (χ3n) is 6.27. The number of anilines is 1. The summed E-state index contributed by atoms with van der Waals surface area (Å²) in [4.78, 5) is 12.7. The van der Waals surface area contributed by atoms with Crippen LogP contribution in [0.1, 0.15) is 61.7 Å². The Morgan fingerprint density at radius 2 is 1.81 bits per heavy atom. The van der Waals surface area contributed by atoms with E-state index in [9.17, 15) is 4.79 Å². The van der Waals surface area contributed by atoms with Crippen LogP contribution in [-0.4, -0.2) is 31.8 Å². The predicted octanol–water partition coefficient (Wildman–Crippen LogP) is 6.61. The molecule has 2 aromatic carbocycles. The number of benzene rings is 2. The molecule has 2 aliphatic rings. The summed E-state index contributed by atoms with van der Waals surface area (Å²) in [7, 11) is 0. The molecule has 1 unspecified atom stereocenters. The van der Waals surface area contributed by atoms with Crippen LogP contribution < -0.4 is 14.8 Å². The highest BCUT2D eigenvalue weighted by atomic mass is 79.9. The summed E-state index contributed by atoms with van der Waals surface area (Å²) in [6.45, 7) is 2.09. The standard InChI is InChI=1S/C26H32BrNO4/c27-24-17-20(8-13-25(24)32-18-23-7-4-15-30-23)26(29)28-21-9-11-22(12-10-21)31-16-14-19-5-2-1-3-6-19/h8-13,17,19,23H,1-7,14-16,18H2,(H,28,29). The van der Waals surface area contributed by atoms with E-state index in [2.05, 4.69) is 21.2 Å². The van der Waals surface area contributed by atoms with E-state index in [0.717, 1.165) is 54.3 Å². The first-order valence-corrected chi connectivity index (χ1v) is 12.5. The minimum absolute atomic E-state index is 0.157. The molecule has 0 radical (unpaired) electrons. The number of hydrogen-bond acceptors (Lipinski definition) is 4. The summed E-state index contributed by atoms with van der Waals surface area (Å²) in [5.74, 6) is 2.21. The quantitative estimate of drug-likeness (QED) is 0.419. The molecule has 0 bridgehead atoms. The molecule has 32 heavy (non-hydrogen) atoms. The number of carbonyl (C=O) groups excluding carboxylic acids is 1. The Bertz CT molecular complexity index is 874. The molecule has 1 saturated heterocycles. The van der Waals surface area contributed by atoms with Crippen LogP contribution in [0, 0.1) is 5.92 Å². The van der Waals surface area contributed by atoms with Crippen LogP contribution in [-0.2, 0) is 4.74 Å². The Morgan fingerprint density at radius 3 is 2.53 bits per heavy atom. The summed E-state index contributed by atoms with van der Waals surface area (Å²) in [6.07, 6.45) is 10.2. The van der Waals surface area contributed by atoms with E-state index in [1.54, 1.807) is 12.1 Å². The van der Waals surface area contributed by atoms with E-state index in [1.165, 1.54) is 32.1 Å². The largest absolute Gasteiger partial charge is 0.494 e. The van der Waals surface area contributed by atoms with Crippen molar-refractivity contribution < 1.29 is 19.0 Å². The van der Waals surface area contributed by atoms with Gasteiger partial charge in [-0.2, -0.15) is 0 Å². The van der Waals surface area contributed by atoms with Crippen LogP contribution in [0.25, 0.3) is 0 Å². The van der Waals surface area contributed by atoms with Gasteiger partial charge in [0.05, 0.1) is 17.2 Å². The maximum absolute atomic E-state index is 12.7. The highest BCUT2D eigenvalue weighted by Crippen LogP contribution is 2.28. The molecule has 1 heterocycles. The van der Waals surface area contributed by atoms with Gasteiger partial charge < -0.3 is 19.5 Å². The fraction of sp³-hybridized carbons (Fsp3) is 0.500. The molecule has 172 valence electrons. The van der Waals surface area contributed by atoms with Gasteiger partial charge in [0, 0.05) is 17.9 Å². The molecule has 1 aliphatic carbocycles. The molecule has 1 N–H and O–H groups in total.